The fourth-order valence-corrected chi connectivity index (χ4v) is 3.88. The third-order valence-corrected chi connectivity index (χ3v) is 6.32. The van der Waals surface area contributed by atoms with Gasteiger partial charge in [0.25, 0.3) is 5.91 Å². The number of halogens is 2. The topological polar surface area (TPSA) is 82.6 Å². The highest BCUT2D eigenvalue weighted by molar-refractivity contribution is 7.89. The summed E-state index contributed by atoms with van der Waals surface area (Å²) < 4.78 is 26.2. The predicted molar refractivity (Wildman–Crippen MR) is 105 cm³/mol. The molecule has 1 fully saturated rings. The summed E-state index contributed by atoms with van der Waals surface area (Å²) in [6.07, 6.45) is 1.59. The van der Waals surface area contributed by atoms with Gasteiger partial charge in [-0.25, -0.2) is 18.1 Å². The van der Waals surface area contributed by atoms with Crippen LogP contribution in [0.2, 0.25) is 10.0 Å². The van der Waals surface area contributed by atoms with Gasteiger partial charge in [0.05, 0.1) is 20.5 Å². The number of sulfonamides is 1. The molecule has 1 aromatic carbocycles. The summed E-state index contributed by atoms with van der Waals surface area (Å²) in [6, 6.07) is 7.71. The van der Waals surface area contributed by atoms with Crippen molar-refractivity contribution in [3.63, 3.8) is 0 Å². The first-order valence-electron chi connectivity index (χ1n) is 8.20. The van der Waals surface area contributed by atoms with Crippen LogP contribution < -0.4 is 9.62 Å². The molecule has 1 N–H and O–H groups in total. The lowest BCUT2D eigenvalue weighted by molar-refractivity contribution is 0.0746. The monoisotopic (exact) mass is 428 g/mol. The van der Waals surface area contributed by atoms with Gasteiger partial charge < -0.3 is 9.80 Å². The van der Waals surface area contributed by atoms with Crippen molar-refractivity contribution in [1.82, 2.24) is 14.6 Å². The average Bonchev–Trinajstić information content (AvgIpc) is 2.68. The van der Waals surface area contributed by atoms with Gasteiger partial charge in [-0.2, -0.15) is 0 Å². The van der Waals surface area contributed by atoms with E-state index >= 15 is 0 Å². The molecule has 3 rings (SSSR count). The highest BCUT2D eigenvalue weighted by atomic mass is 35.5. The molecule has 0 unspecified atom stereocenters. The van der Waals surface area contributed by atoms with E-state index in [1.807, 2.05) is 6.07 Å². The molecule has 0 atom stereocenters. The second kappa shape index (κ2) is 8.02. The third kappa shape index (κ3) is 4.35. The summed E-state index contributed by atoms with van der Waals surface area (Å²) in [6.45, 7) is 2.16. The number of amides is 1. The van der Waals surface area contributed by atoms with E-state index in [2.05, 4.69) is 14.6 Å². The maximum Gasteiger partial charge on any atom is 0.255 e. The largest absolute Gasteiger partial charge is 0.353 e. The van der Waals surface area contributed by atoms with Crippen molar-refractivity contribution >= 4 is 45.0 Å². The molecule has 1 aromatic heterocycles. The van der Waals surface area contributed by atoms with Crippen LogP contribution in [0.1, 0.15) is 10.4 Å². The van der Waals surface area contributed by atoms with Crippen LogP contribution in [0.4, 0.5) is 5.82 Å². The molecule has 0 radical (unpaired) electrons. The van der Waals surface area contributed by atoms with Crippen LogP contribution in [-0.4, -0.2) is 57.4 Å². The Kier molecular flexibility index (Phi) is 5.90. The summed E-state index contributed by atoms with van der Waals surface area (Å²) in [5.74, 6) is 0.503. The number of piperazine rings is 1. The van der Waals surface area contributed by atoms with Crippen molar-refractivity contribution in [3.8, 4) is 0 Å². The van der Waals surface area contributed by atoms with Crippen molar-refractivity contribution in [2.24, 2.45) is 0 Å². The molecule has 1 aliphatic rings. The molecule has 0 spiro atoms. The Hall–Kier alpha value is -1.87. The van der Waals surface area contributed by atoms with E-state index in [0.717, 1.165) is 5.82 Å². The van der Waals surface area contributed by atoms with Gasteiger partial charge >= 0.3 is 0 Å². The molecule has 0 saturated carbocycles. The minimum Gasteiger partial charge on any atom is -0.353 e. The zero-order chi connectivity index (χ0) is 19.6. The Morgan fingerprint density at radius 1 is 1.11 bits per heavy atom. The number of benzene rings is 1. The molecule has 144 valence electrons. The minimum atomic E-state index is -3.66. The first-order chi connectivity index (χ1) is 12.8. The first kappa shape index (κ1) is 19.9. The molecule has 2 aromatic rings. The van der Waals surface area contributed by atoms with E-state index in [0.29, 0.717) is 31.2 Å². The molecule has 1 amide bonds. The summed E-state index contributed by atoms with van der Waals surface area (Å²) in [5, 5.41) is 0.787. The van der Waals surface area contributed by atoms with Crippen LogP contribution >= 0.6 is 23.2 Å². The molecule has 27 heavy (non-hydrogen) atoms. The van der Waals surface area contributed by atoms with Gasteiger partial charge in [-0.1, -0.05) is 23.2 Å². The number of rotatable bonds is 4. The van der Waals surface area contributed by atoms with Crippen LogP contribution in [0, 0.1) is 0 Å². The zero-order valence-electron chi connectivity index (χ0n) is 14.5. The van der Waals surface area contributed by atoms with Crippen LogP contribution in [0.15, 0.2) is 41.4 Å². The lowest BCUT2D eigenvalue weighted by Crippen LogP contribution is -2.49. The van der Waals surface area contributed by atoms with E-state index in [1.165, 1.54) is 25.2 Å². The molecule has 7 nitrogen and oxygen atoms in total. The number of pyridine rings is 1. The van der Waals surface area contributed by atoms with E-state index < -0.39 is 10.0 Å². The van der Waals surface area contributed by atoms with Gasteiger partial charge in [-0.05, 0) is 37.4 Å². The number of carbonyl (C=O) groups is 1. The zero-order valence-corrected chi connectivity index (χ0v) is 16.9. The van der Waals surface area contributed by atoms with E-state index in [4.69, 9.17) is 23.2 Å². The third-order valence-electron chi connectivity index (χ3n) is 4.35. The maximum atomic E-state index is 12.9. The predicted octanol–water partition coefficient (Wildman–Crippen LogP) is 2.26. The fraction of sp³-hybridized carbons (Fsp3) is 0.294. The van der Waals surface area contributed by atoms with Gasteiger partial charge in [0, 0.05) is 32.4 Å². The van der Waals surface area contributed by atoms with Crippen LogP contribution in [0.25, 0.3) is 0 Å². The van der Waals surface area contributed by atoms with Gasteiger partial charge in [0.2, 0.25) is 10.0 Å². The van der Waals surface area contributed by atoms with Gasteiger partial charge in [0.1, 0.15) is 5.82 Å². The molecule has 2 heterocycles. The molecule has 1 aliphatic heterocycles. The number of nitrogens with one attached hydrogen (secondary N) is 1. The summed E-state index contributed by atoms with van der Waals surface area (Å²) in [4.78, 5) is 20.9. The number of hydrogen-bond acceptors (Lipinski definition) is 5. The number of nitrogens with zero attached hydrogens (tertiary/aromatic N) is 3. The fourth-order valence-electron chi connectivity index (χ4n) is 2.82. The maximum absolute atomic E-state index is 12.9. The number of aromatic nitrogens is 1. The average molecular weight is 429 g/mol. The number of hydrogen-bond donors (Lipinski definition) is 1. The Labute approximate surface area is 167 Å². The Bertz CT molecular complexity index is 943. The first-order valence-corrected chi connectivity index (χ1v) is 10.4. The standard InChI is InChI=1S/C17H18Cl2N4O3S/c1-20-27(25,26)13-3-4-15(19)14(10-13)17(24)23-8-6-22(7-9-23)16-5-2-12(18)11-21-16/h2-5,10-11,20H,6-9H2,1H3. The van der Waals surface area contributed by atoms with Crippen molar-refractivity contribution in [1.29, 1.82) is 0 Å². The lowest BCUT2D eigenvalue weighted by atomic mass is 10.1. The SMILES string of the molecule is CNS(=O)(=O)c1ccc(Cl)c(C(=O)N2CCN(c3ccc(Cl)cn3)CC2)c1. The number of carbonyl (C=O) groups excluding carboxylic acids is 1. The van der Waals surface area contributed by atoms with E-state index in [1.54, 1.807) is 17.2 Å². The van der Waals surface area contributed by atoms with Gasteiger partial charge in [-0.15, -0.1) is 0 Å². The second-order valence-corrected chi connectivity index (χ2v) is 8.69. The summed E-state index contributed by atoms with van der Waals surface area (Å²) in [7, 11) is -2.34. The van der Waals surface area contributed by atoms with Crippen LogP contribution in [-0.2, 0) is 10.0 Å². The van der Waals surface area contributed by atoms with E-state index in [9.17, 15) is 13.2 Å². The summed E-state index contributed by atoms with van der Waals surface area (Å²) in [5.41, 5.74) is 0.172. The molecule has 1 saturated heterocycles. The van der Waals surface area contributed by atoms with E-state index in [-0.39, 0.29) is 21.4 Å². The Balaban J connectivity index is 1.74. The molecular formula is C17H18Cl2N4O3S. The highest BCUT2D eigenvalue weighted by Gasteiger charge is 2.25. The van der Waals surface area contributed by atoms with Gasteiger partial charge in [0.15, 0.2) is 0 Å². The Morgan fingerprint density at radius 3 is 2.41 bits per heavy atom. The van der Waals surface area contributed by atoms with Crippen molar-refractivity contribution in [3.05, 3.63) is 52.1 Å². The van der Waals surface area contributed by atoms with Crippen LogP contribution in [0.5, 0.6) is 0 Å². The quantitative estimate of drug-likeness (QED) is 0.807. The molecule has 0 aliphatic carbocycles. The smallest absolute Gasteiger partial charge is 0.255 e. The highest BCUT2D eigenvalue weighted by Crippen LogP contribution is 2.23. The number of anilines is 1. The Morgan fingerprint density at radius 2 is 1.81 bits per heavy atom. The molecule has 0 bridgehead atoms. The van der Waals surface area contributed by atoms with Crippen molar-refractivity contribution in [2.45, 2.75) is 4.90 Å². The van der Waals surface area contributed by atoms with Gasteiger partial charge in [-0.3, -0.25) is 4.79 Å². The van der Waals surface area contributed by atoms with Crippen LogP contribution in [0.3, 0.4) is 0 Å². The molecule has 10 heteroatoms. The molecular weight excluding hydrogens is 411 g/mol. The van der Waals surface area contributed by atoms with Crippen molar-refractivity contribution < 1.29 is 13.2 Å². The summed E-state index contributed by atoms with van der Waals surface area (Å²) >= 11 is 12.0. The lowest BCUT2D eigenvalue weighted by Gasteiger charge is -2.35. The minimum absolute atomic E-state index is 0.00162. The second-order valence-electron chi connectivity index (χ2n) is 5.96. The normalized spacial score (nSPS) is 15.1. The van der Waals surface area contributed by atoms with Crippen molar-refractivity contribution in [2.75, 3.05) is 38.1 Å².